The van der Waals surface area contributed by atoms with E-state index in [4.69, 9.17) is 9.72 Å². The zero-order valence-electron chi connectivity index (χ0n) is 17.8. The van der Waals surface area contributed by atoms with Crippen molar-refractivity contribution in [3.63, 3.8) is 0 Å². The largest absolute Gasteiger partial charge is 0.377 e. The van der Waals surface area contributed by atoms with Crippen LogP contribution in [-0.2, 0) is 22.6 Å². The maximum Gasteiger partial charge on any atom is 0.319 e. The lowest BCUT2D eigenvalue weighted by Gasteiger charge is -2.35. The molecule has 1 saturated heterocycles. The fourth-order valence-corrected chi connectivity index (χ4v) is 4.09. The molecular weight excluding hydrogens is 415 g/mol. The molecule has 32 heavy (non-hydrogen) atoms. The lowest BCUT2D eigenvalue weighted by atomic mass is 10.1. The molecule has 0 bridgehead atoms. The Kier molecular flexibility index (Phi) is 5.38. The minimum absolute atomic E-state index is 0.0993. The van der Waals surface area contributed by atoms with Gasteiger partial charge in [-0.15, -0.1) is 0 Å². The number of morpholine rings is 1. The van der Waals surface area contributed by atoms with Crippen LogP contribution in [0.4, 0.5) is 20.7 Å². The Bertz CT molecular complexity index is 1060. The standard InChI is InChI=1S/C22H25FN6O3/c1-13-11-32-7-6-29(13)21-17-9-28(12-30)10-19(17)26-20(27-21)16-5-4-15(8-18(16)23)25-22(31)24-14-2-3-14/h4-5,8,12-14H,2-3,6-7,9-11H2,1H3,(H2,24,25,31)/t13-/m1/s1. The number of hydrogen-bond donors (Lipinski definition) is 2. The van der Waals surface area contributed by atoms with E-state index in [9.17, 15) is 9.59 Å². The number of nitrogens with zero attached hydrogens (tertiary/aromatic N) is 4. The number of carbonyl (C=O) groups is 2. The molecule has 3 heterocycles. The minimum Gasteiger partial charge on any atom is -0.377 e. The molecule has 2 aliphatic heterocycles. The average Bonchev–Trinajstić information content (AvgIpc) is 3.48. The van der Waals surface area contributed by atoms with Crippen LogP contribution >= 0.6 is 0 Å². The number of rotatable bonds is 5. The summed E-state index contributed by atoms with van der Waals surface area (Å²) in [6, 6.07) is 4.45. The second kappa shape index (κ2) is 8.34. The van der Waals surface area contributed by atoms with E-state index in [0.29, 0.717) is 38.5 Å². The lowest BCUT2D eigenvalue weighted by molar-refractivity contribution is -0.118. The Balaban J connectivity index is 1.47. The van der Waals surface area contributed by atoms with Crippen LogP contribution in [0, 0.1) is 5.82 Å². The second-order valence-electron chi connectivity index (χ2n) is 8.49. The van der Waals surface area contributed by atoms with E-state index in [0.717, 1.165) is 36.3 Å². The van der Waals surface area contributed by atoms with Gasteiger partial charge in [0.05, 0.1) is 43.6 Å². The van der Waals surface area contributed by atoms with Gasteiger partial charge in [0.2, 0.25) is 6.41 Å². The fraction of sp³-hybridized carbons (Fsp3) is 0.455. The van der Waals surface area contributed by atoms with E-state index in [1.165, 1.54) is 6.07 Å². The molecule has 3 amide bonds. The Morgan fingerprint density at radius 2 is 2.12 bits per heavy atom. The zero-order valence-corrected chi connectivity index (χ0v) is 17.8. The molecule has 3 aliphatic rings. The summed E-state index contributed by atoms with van der Waals surface area (Å²) in [4.78, 5) is 36.4. The van der Waals surface area contributed by atoms with Gasteiger partial charge >= 0.3 is 6.03 Å². The summed E-state index contributed by atoms with van der Waals surface area (Å²) in [6.07, 6.45) is 2.74. The first-order valence-corrected chi connectivity index (χ1v) is 10.8. The molecule has 1 aliphatic carbocycles. The number of amides is 3. The number of nitrogens with one attached hydrogen (secondary N) is 2. The van der Waals surface area contributed by atoms with Gasteiger partial charge in [-0.05, 0) is 38.0 Å². The SMILES string of the molecule is C[C@@H]1COCCN1c1nc(-c2ccc(NC(=O)NC3CC3)cc2F)nc2c1CN(C=O)C2. The van der Waals surface area contributed by atoms with Crippen LogP contribution in [0.15, 0.2) is 18.2 Å². The molecule has 5 rings (SSSR count). The number of benzene rings is 1. The van der Waals surface area contributed by atoms with Crippen molar-refractivity contribution in [3.05, 3.63) is 35.3 Å². The number of fused-ring (bicyclic) bond motifs is 1. The summed E-state index contributed by atoms with van der Waals surface area (Å²) >= 11 is 0. The Labute approximate surface area is 185 Å². The van der Waals surface area contributed by atoms with Crippen molar-refractivity contribution in [1.29, 1.82) is 0 Å². The summed E-state index contributed by atoms with van der Waals surface area (Å²) in [5, 5.41) is 5.47. The van der Waals surface area contributed by atoms with Gasteiger partial charge in [-0.3, -0.25) is 4.79 Å². The minimum atomic E-state index is -0.527. The number of aromatic nitrogens is 2. The Hall–Kier alpha value is -3.27. The summed E-state index contributed by atoms with van der Waals surface area (Å²) in [7, 11) is 0. The van der Waals surface area contributed by atoms with Crippen LogP contribution in [0.5, 0.6) is 0 Å². The van der Waals surface area contributed by atoms with Crippen molar-refractivity contribution in [2.24, 2.45) is 0 Å². The van der Waals surface area contributed by atoms with Crippen LogP contribution in [-0.4, -0.2) is 59.2 Å². The van der Waals surface area contributed by atoms with Crippen LogP contribution in [0.1, 0.15) is 31.0 Å². The summed E-state index contributed by atoms with van der Waals surface area (Å²) < 4.78 is 20.6. The van der Waals surface area contributed by atoms with Gasteiger partial charge in [-0.1, -0.05) is 0 Å². The number of ether oxygens (including phenoxy) is 1. The van der Waals surface area contributed by atoms with E-state index in [1.807, 2.05) is 6.92 Å². The predicted octanol–water partition coefficient (Wildman–Crippen LogP) is 2.26. The van der Waals surface area contributed by atoms with Crippen molar-refractivity contribution in [1.82, 2.24) is 20.2 Å². The van der Waals surface area contributed by atoms with Gasteiger partial charge in [-0.2, -0.15) is 0 Å². The summed E-state index contributed by atoms with van der Waals surface area (Å²) in [5.74, 6) is 0.452. The average molecular weight is 440 g/mol. The molecule has 2 N–H and O–H groups in total. The number of carbonyl (C=O) groups excluding carboxylic acids is 2. The van der Waals surface area contributed by atoms with Gasteiger partial charge in [0.25, 0.3) is 0 Å². The molecule has 0 spiro atoms. The third-order valence-corrected chi connectivity index (χ3v) is 5.95. The first-order valence-electron chi connectivity index (χ1n) is 10.8. The highest BCUT2D eigenvalue weighted by atomic mass is 19.1. The normalized spacial score (nSPS) is 20.1. The van der Waals surface area contributed by atoms with E-state index < -0.39 is 5.82 Å². The monoisotopic (exact) mass is 440 g/mol. The van der Waals surface area contributed by atoms with Crippen LogP contribution in [0.25, 0.3) is 11.4 Å². The molecule has 2 aromatic rings. The van der Waals surface area contributed by atoms with Crippen molar-refractivity contribution < 1.29 is 18.7 Å². The molecule has 2 fully saturated rings. The van der Waals surface area contributed by atoms with E-state index >= 15 is 4.39 Å². The van der Waals surface area contributed by atoms with E-state index in [-0.39, 0.29) is 29.5 Å². The van der Waals surface area contributed by atoms with Gasteiger partial charge < -0.3 is 25.2 Å². The van der Waals surface area contributed by atoms with E-state index in [1.54, 1.807) is 17.0 Å². The predicted molar refractivity (Wildman–Crippen MR) is 116 cm³/mol. The lowest BCUT2D eigenvalue weighted by Crippen LogP contribution is -2.44. The molecule has 9 nitrogen and oxygen atoms in total. The third kappa shape index (κ3) is 4.10. The zero-order chi connectivity index (χ0) is 22.2. The topological polar surface area (TPSA) is 99.7 Å². The fourth-order valence-electron chi connectivity index (χ4n) is 4.09. The van der Waals surface area contributed by atoms with Crippen LogP contribution in [0.2, 0.25) is 0 Å². The van der Waals surface area contributed by atoms with Crippen molar-refractivity contribution in [3.8, 4) is 11.4 Å². The van der Waals surface area contributed by atoms with Crippen molar-refractivity contribution >= 4 is 23.9 Å². The number of urea groups is 1. The smallest absolute Gasteiger partial charge is 0.319 e. The van der Waals surface area contributed by atoms with Crippen LogP contribution in [0.3, 0.4) is 0 Å². The van der Waals surface area contributed by atoms with Gasteiger partial charge in [-0.25, -0.2) is 19.2 Å². The van der Waals surface area contributed by atoms with E-state index in [2.05, 4.69) is 20.5 Å². The maximum absolute atomic E-state index is 15.1. The molecule has 0 radical (unpaired) electrons. The molecule has 1 atom stereocenters. The summed E-state index contributed by atoms with van der Waals surface area (Å²) in [5.41, 5.74) is 2.22. The third-order valence-electron chi connectivity index (χ3n) is 5.95. The number of hydrogen-bond acceptors (Lipinski definition) is 6. The van der Waals surface area contributed by atoms with Crippen molar-refractivity contribution in [2.45, 2.75) is 44.9 Å². The first kappa shape index (κ1) is 20.6. The highest BCUT2D eigenvalue weighted by molar-refractivity contribution is 5.90. The molecule has 10 heteroatoms. The number of anilines is 2. The van der Waals surface area contributed by atoms with Gasteiger partial charge in [0.15, 0.2) is 5.82 Å². The molecule has 1 aromatic heterocycles. The maximum atomic E-state index is 15.1. The Morgan fingerprint density at radius 3 is 2.84 bits per heavy atom. The number of halogens is 1. The quantitative estimate of drug-likeness (QED) is 0.692. The molecule has 1 aromatic carbocycles. The Morgan fingerprint density at radius 1 is 1.28 bits per heavy atom. The van der Waals surface area contributed by atoms with Crippen molar-refractivity contribution in [2.75, 3.05) is 30.0 Å². The first-order chi connectivity index (χ1) is 15.5. The molecule has 1 saturated carbocycles. The highest BCUT2D eigenvalue weighted by Crippen LogP contribution is 2.34. The highest BCUT2D eigenvalue weighted by Gasteiger charge is 2.31. The van der Waals surface area contributed by atoms with Gasteiger partial charge in [0.1, 0.15) is 11.6 Å². The van der Waals surface area contributed by atoms with Gasteiger partial charge in [0, 0.05) is 23.8 Å². The molecule has 168 valence electrons. The second-order valence-corrected chi connectivity index (χ2v) is 8.49. The molecule has 0 unspecified atom stereocenters. The molecular formula is C22H25FN6O3. The van der Waals surface area contributed by atoms with Crippen LogP contribution < -0.4 is 15.5 Å². The summed E-state index contributed by atoms with van der Waals surface area (Å²) in [6.45, 7) is 4.65.